The summed E-state index contributed by atoms with van der Waals surface area (Å²) in [5.41, 5.74) is 2.79. The predicted molar refractivity (Wildman–Crippen MR) is 56.8 cm³/mol. The normalized spacial score (nSPS) is 11.8. The minimum atomic E-state index is 0.629. The second kappa shape index (κ2) is 5.55. The van der Waals surface area contributed by atoms with Crippen LogP contribution in [0.4, 0.5) is 4.39 Å². The molecule has 0 aromatic heterocycles. The van der Waals surface area contributed by atoms with Gasteiger partial charge >= 0.3 is 0 Å². The Labute approximate surface area is 84.2 Å². The van der Waals surface area contributed by atoms with Crippen molar-refractivity contribution in [1.29, 1.82) is 0 Å². The molecule has 0 aliphatic heterocycles. The van der Waals surface area contributed by atoms with Crippen molar-refractivity contribution in [3.8, 4) is 0 Å². The minimum absolute atomic E-state index is 0.629. The van der Waals surface area contributed by atoms with E-state index in [-0.39, 0.29) is 0 Å². The maximum Gasteiger partial charge on any atom is 0.0902 e. The van der Waals surface area contributed by atoms with Gasteiger partial charge in [-0.25, -0.2) is 4.39 Å². The molecule has 0 N–H and O–H groups in total. The van der Waals surface area contributed by atoms with Crippen LogP contribution in [0.15, 0.2) is 30.6 Å². The summed E-state index contributed by atoms with van der Waals surface area (Å²) in [6.45, 7) is 2.47. The molecule has 1 aromatic rings. The van der Waals surface area contributed by atoms with Crippen LogP contribution in [-0.4, -0.2) is 13.7 Å². The van der Waals surface area contributed by atoms with Gasteiger partial charge in [0.2, 0.25) is 0 Å². The van der Waals surface area contributed by atoms with E-state index < -0.39 is 0 Å². The monoisotopic (exact) mass is 194 g/mol. The second-order valence-electron chi connectivity index (χ2n) is 3.23. The molecule has 1 rings (SSSR count). The van der Waals surface area contributed by atoms with Crippen molar-refractivity contribution in [3.63, 3.8) is 0 Å². The fourth-order valence-electron chi connectivity index (χ4n) is 1.22. The smallest absolute Gasteiger partial charge is 0.0902 e. The largest absolute Gasteiger partial charge is 0.384 e. The molecule has 1 aromatic carbocycles. The lowest BCUT2D eigenvalue weighted by atomic mass is 10.1. The van der Waals surface area contributed by atoms with E-state index in [2.05, 4.69) is 0 Å². The van der Waals surface area contributed by atoms with Crippen LogP contribution < -0.4 is 0 Å². The zero-order valence-electron chi connectivity index (χ0n) is 8.59. The van der Waals surface area contributed by atoms with Crippen molar-refractivity contribution in [3.05, 3.63) is 41.7 Å². The van der Waals surface area contributed by atoms with Crippen molar-refractivity contribution in [1.82, 2.24) is 0 Å². The average molecular weight is 194 g/mol. The van der Waals surface area contributed by atoms with Crippen LogP contribution in [0.1, 0.15) is 18.1 Å². The third-order valence-electron chi connectivity index (χ3n) is 2.17. The van der Waals surface area contributed by atoms with Crippen LogP contribution in [-0.2, 0) is 11.2 Å². The van der Waals surface area contributed by atoms with Crippen LogP contribution in [0.3, 0.4) is 0 Å². The number of methoxy groups -OCH3 is 1. The Kier molecular flexibility index (Phi) is 4.33. The first-order valence-electron chi connectivity index (χ1n) is 4.63. The Balaban J connectivity index is 2.68. The Bertz CT molecular complexity index is 301. The van der Waals surface area contributed by atoms with Crippen molar-refractivity contribution in [2.45, 2.75) is 13.3 Å². The summed E-state index contributed by atoms with van der Waals surface area (Å²) >= 11 is 0. The van der Waals surface area contributed by atoms with E-state index >= 15 is 0 Å². The van der Waals surface area contributed by atoms with Crippen LogP contribution in [0.2, 0.25) is 0 Å². The molecule has 0 radical (unpaired) electrons. The Morgan fingerprint density at radius 1 is 1.36 bits per heavy atom. The van der Waals surface area contributed by atoms with E-state index in [9.17, 15) is 4.39 Å². The summed E-state index contributed by atoms with van der Waals surface area (Å²) < 4.78 is 17.2. The summed E-state index contributed by atoms with van der Waals surface area (Å²) in [7, 11) is 1.68. The van der Waals surface area contributed by atoms with Crippen LogP contribution in [0.25, 0.3) is 5.57 Å². The molecule has 14 heavy (non-hydrogen) atoms. The summed E-state index contributed by atoms with van der Waals surface area (Å²) in [6.07, 6.45) is 1.53. The third-order valence-corrected chi connectivity index (χ3v) is 2.17. The lowest BCUT2D eigenvalue weighted by Gasteiger charge is -2.03. The number of allylic oxidation sites excluding steroid dienone is 1. The zero-order valence-corrected chi connectivity index (χ0v) is 8.59. The average Bonchev–Trinajstić information content (AvgIpc) is 2.26. The first-order valence-corrected chi connectivity index (χ1v) is 4.63. The Hall–Kier alpha value is -1.15. The van der Waals surface area contributed by atoms with Gasteiger partial charge in [-0.1, -0.05) is 24.3 Å². The number of rotatable bonds is 4. The number of halogens is 1. The van der Waals surface area contributed by atoms with Gasteiger partial charge in [0.25, 0.3) is 0 Å². The maximum atomic E-state index is 12.2. The molecule has 1 nitrogen and oxygen atoms in total. The molecule has 0 saturated heterocycles. The fourth-order valence-corrected chi connectivity index (χ4v) is 1.22. The first-order chi connectivity index (χ1) is 6.77. The molecule has 0 bridgehead atoms. The van der Waals surface area contributed by atoms with Gasteiger partial charge in [0, 0.05) is 7.11 Å². The minimum Gasteiger partial charge on any atom is -0.384 e. The highest BCUT2D eigenvalue weighted by Crippen LogP contribution is 2.14. The highest BCUT2D eigenvalue weighted by molar-refractivity contribution is 5.62. The molecule has 76 valence electrons. The topological polar surface area (TPSA) is 9.23 Å². The van der Waals surface area contributed by atoms with Gasteiger partial charge in [-0.3, -0.25) is 0 Å². The fraction of sp³-hybridized carbons (Fsp3) is 0.333. The Morgan fingerprint density at radius 2 is 2.00 bits per heavy atom. The molecule has 0 atom stereocenters. The second-order valence-corrected chi connectivity index (χ2v) is 3.23. The SMILES string of the molecule is COCCc1ccc(/C(C)=C\F)cc1. The lowest BCUT2D eigenvalue weighted by Crippen LogP contribution is -1.94. The van der Waals surface area contributed by atoms with Crippen molar-refractivity contribution in [2.75, 3.05) is 13.7 Å². The van der Waals surface area contributed by atoms with Gasteiger partial charge in [-0.2, -0.15) is 0 Å². The summed E-state index contributed by atoms with van der Waals surface area (Å²) in [4.78, 5) is 0. The third kappa shape index (κ3) is 2.96. The molecule has 0 spiro atoms. The summed E-state index contributed by atoms with van der Waals surface area (Å²) in [5.74, 6) is 0. The van der Waals surface area contributed by atoms with Crippen LogP contribution in [0.5, 0.6) is 0 Å². The maximum absolute atomic E-state index is 12.2. The molecular formula is C12H15FO. The molecule has 0 aliphatic carbocycles. The van der Waals surface area contributed by atoms with E-state index in [0.29, 0.717) is 11.9 Å². The quantitative estimate of drug-likeness (QED) is 0.715. The van der Waals surface area contributed by atoms with E-state index in [1.54, 1.807) is 14.0 Å². The highest BCUT2D eigenvalue weighted by Gasteiger charge is 1.96. The first kappa shape index (κ1) is 10.9. The molecular weight excluding hydrogens is 179 g/mol. The lowest BCUT2D eigenvalue weighted by molar-refractivity contribution is 0.202. The molecule has 0 unspecified atom stereocenters. The van der Waals surface area contributed by atoms with E-state index in [1.165, 1.54) is 5.56 Å². The number of hydrogen-bond acceptors (Lipinski definition) is 1. The summed E-state index contributed by atoms with van der Waals surface area (Å²) in [6, 6.07) is 7.86. The molecule has 2 heteroatoms. The van der Waals surface area contributed by atoms with Gasteiger partial charge in [0.1, 0.15) is 0 Å². The Morgan fingerprint density at radius 3 is 2.50 bits per heavy atom. The molecule has 0 fully saturated rings. The molecule has 0 heterocycles. The van der Waals surface area contributed by atoms with Crippen molar-refractivity contribution < 1.29 is 9.13 Å². The summed E-state index contributed by atoms with van der Waals surface area (Å²) in [5, 5.41) is 0. The molecule has 0 saturated carbocycles. The number of ether oxygens (including phenoxy) is 1. The van der Waals surface area contributed by atoms with Gasteiger partial charge in [-0.05, 0) is 30.0 Å². The van der Waals surface area contributed by atoms with Gasteiger partial charge < -0.3 is 4.74 Å². The standard InChI is InChI=1S/C12H15FO/c1-10(9-13)12-5-3-11(4-6-12)7-8-14-2/h3-6,9H,7-8H2,1-2H3/b10-9-. The predicted octanol–water partition coefficient (Wildman–Crippen LogP) is 3.21. The van der Waals surface area contributed by atoms with E-state index in [4.69, 9.17) is 4.74 Å². The molecule has 0 amide bonds. The highest BCUT2D eigenvalue weighted by atomic mass is 19.1. The van der Waals surface area contributed by atoms with E-state index in [0.717, 1.165) is 18.6 Å². The van der Waals surface area contributed by atoms with Gasteiger partial charge in [0.15, 0.2) is 0 Å². The van der Waals surface area contributed by atoms with Gasteiger partial charge in [-0.15, -0.1) is 0 Å². The van der Waals surface area contributed by atoms with E-state index in [1.807, 2.05) is 24.3 Å². The van der Waals surface area contributed by atoms with Gasteiger partial charge in [0.05, 0.1) is 12.9 Å². The zero-order chi connectivity index (χ0) is 10.4. The van der Waals surface area contributed by atoms with Crippen LogP contribution in [0, 0.1) is 0 Å². The van der Waals surface area contributed by atoms with Crippen LogP contribution >= 0.6 is 0 Å². The van der Waals surface area contributed by atoms with Crippen molar-refractivity contribution in [2.24, 2.45) is 0 Å². The van der Waals surface area contributed by atoms with Crippen molar-refractivity contribution >= 4 is 5.57 Å². The number of hydrogen-bond donors (Lipinski definition) is 0. The number of benzene rings is 1. The molecule has 0 aliphatic rings.